The summed E-state index contributed by atoms with van der Waals surface area (Å²) in [4.78, 5) is 24.0. The van der Waals surface area contributed by atoms with E-state index in [9.17, 15) is 9.59 Å². The first-order valence-corrected chi connectivity index (χ1v) is 8.31. The Labute approximate surface area is 151 Å². The first kappa shape index (κ1) is 19.1. The second-order valence-electron chi connectivity index (χ2n) is 5.73. The van der Waals surface area contributed by atoms with E-state index in [-0.39, 0.29) is 19.1 Å². The smallest absolute Gasteiger partial charge is 0.320 e. The van der Waals surface area contributed by atoms with E-state index < -0.39 is 17.9 Å². The highest BCUT2D eigenvalue weighted by Crippen LogP contribution is 2.38. The molecule has 7 heteroatoms. The van der Waals surface area contributed by atoms with Crippen molar-refractivity contribution in [2.45, 2.75) is 18.8 Å². The summed E-state index contributed by atoms with van der Waals surface area (Å²) < 4.78 is 20.2. The molecule has 6 nitrogen and oxygen atoms in total. The minimum Gasteiger partial charge on any atom is -0.468 e. The molecule has 0 radical (unpaired) electrons. The fourth-order valence-electron chi connectivity index (χ4n) is 2.77. The van der Waals surface area contributed by atoms with Crippen LogP contribution in [0.5, 0.6) is 11.5 Å². The van der Waals surface area contributed by atoms with Crippen LogP contribution in [-0.4, -0.2) is 38.8 Å². The molecule has 0 aromatic heterocycles. The zero-order valence-electron chi connectivity index (χ0n) is 14.2. The zero-order chi connectivity index (χ0) is 18.4. The third-order valence-corrected chi connectivity index (χ3v) is 4.46. The molecule has 1 heterocycles. The van der Waals surface area contributed by atoms with E-state index in [1.54, 1.807) is 6.07 Å². The Morgan fingerprint density at radius 2 is 1.84 bits per heavy atom. The molecule has 1 atom stereocenters. The molecule has 0 N–H and O–H groups in total. The number of hydrogen-bond donors (Lipinski definition) is 0. The molecule has 1 aliphatic heterocycles. The molecule has 0 saturated heterocycles. The summed E-state index contributed by atoms with van der Waals surface area (Å²) in [7, 11) is 2.48. The molecule has 1 aromatic rings. The van der Waals surface area contributed by atoms with Crippen molar-refractivity contribution < 1.29 is 28.5 Å². The summed E-state index contributed by atoms with van der Waals surface area (Å²) in [5.41, 5.74) is 1.70. The van der Waals surface area contributed by atoms with Crippen molar-refractivity contribution >= 4 is 23.5 Å². The lowest BCUT2D eigenvalue weighted by Crippen LogP contribution is -2.28. The molecule has 0 aliphatic carbocycles. The lowest BCUT2D eigenvalue weighted by Gasteiger charge is -2.22. The summed E-state index contributed by atoms with van der Waals surface area (Å²) in [6.45, 7) is 4.10. The van der Waals surface area contributed by atoms with Crippen LogP contribution in [0.3, 0.4) is 0 Å². The summed E-state index contributed by atoms with van der Waals surface area (Å²) in [6, 6.07) is 5.53. The number of halogens is 1. The molecule has 136 valence electrons. The van der Waals surface area contributed by atoms with Crippen molar-refractivity contribution in [2.75, 3.05) is 26.9 Å². The quantitative estimate of drug-likeness (QED) is 0.304. The van der Waals surface area contributed by atoms with E-state index in [1.807, 2.05) is 12.1 Å². The lowest BCUT2D eigenvalue weighted by molar-refractivity contribution is -0.159. The first-order valence-electron chi connectivity index (χ1n) is 7.78. The Kier molecular flexibility index (Phi) is 6.70. The minimum atomic E-state index is -1.02. The second-order valence-corrected chi connectivity index (χ2v) is 6.00. The van der Waals surface area contributed by atoms with Crippen LogP contribution in [0.15, 0.2) is 30.4 Å². The van der Waals surface area contributed by atoms with Gasteiger partial charge in [0.25, 0.3) is 0 Å². The third kappa shape index (κ3) is 4.66. The van der Waals surface area contributed by atoms with Crippen LogP contribution < -0.4 is 9.47 Å². The predicted octanol–water partition coefficient (Wildman–Crippen LogP) is 3.04. The maximum Gasteiger partial charge on any atom is 0.320 e. The van der Waals surface area contributed by atoms with Gasteiger partial charge >= 0.3 is 11.9 Å². The Hall–Kier alpha value is -2.21. The molecule has 0 bridgehead atoms. The van der Waals surface area contributed by atoms with Gasteiger partial charge in [-0.2, -0.15) is 0 Å². The molecular weight excluding hydrogens is 348 g/mol. The van der Waals surface area contributed by atoms with Crippen LogP contribution in [0.1, 0.15) is 24.3 Å². The normalized spacial score (nSPS) is 13.4. The number of carbonyl (C=O) groups is 2. The van der Waals surface area contributed by atoms with Gasteiger partial charge in [0.05, 0.1) is 14.2 Å². The molecule has 0 saturated carbocycles. The van der Waals surface area contributed by atoms with E-state index in [0.29, 0.717) is 23.8 Å². The summed E-state index contributed by atoms with van der Waals surface area (Å²) in [5.74, 6) is -0.870. The average molecular weight is 369 g/mol. The van der Waals surface area contributed by atoms with Crippen molar-refractivity contribution in [3.8, 4) is 11.5 Å². The Morgan fingerprint density at radius 3 is 2.44 bits per heavy atom. The van der Waals surface area contributed by atoms with E-state index in [1.165, 1.54) is 14.2 Å². The van der Waals surface area contributed by atoms with Gasteiger partial charge in [0.1, 0.15) is 0 Å². The number of hydrogen-bond acceptors (Lipinski definition) is 6. The van der Waals surface area contributed by atoms with Crippen LogP contribution in [0.2, 0.25) is 0 Å². The number of allylic oxidation sites excluding steroid dienone is 1. The molecule has 1 unspecified atom stereocenters. The number of alkyl halides is 1. The van der Waals surface area contributed by atoms with E-state index >= 15 is 0 Å². The lowest BCUT2D eigenvalue weighted by atomic mass is 9.84. The van der Waals surface area contributed by atoms with Crippen molar-refractivity contribution in [1.29, 1.82) is 0 Å². The van der Waals surface area contributed by atoms with Crippen LogP contribution in [0.25, 0.3) is 0 Å². The Bertz CT molecular complexity index is 641. The first-order chi connectivity index (χ1) is 12.0. The minimum absolute atomic E-state index is 0.171. The fourth-order valence-corrected chi connectivity index (χ4v) is 2.87. The van der Waals surface area contributed by atoms with E-state index in [2.05, 4.69) is 6.58 Å². The second kappa shape index (κ2) is 8.76. The van der Waals surface area contributed by atoms with Gasteiger partial charge in [-0.15, -0.1) is 11.6 Å². The van der Waals surface area contributed by atoms with Crippen molar-refractivity contribution in [2.24, 2.45) is 5.92 Å². The number of ether oxygens (including phenoxy) is 4. The molecule has 0 amide bonds. The summed E-state index contributed by atoms with van der Waals surface area (Å²) >= 11 is 5.87. The fraction of sp³-hybridized carbons (Fsp3) is 0.444. The van der Waals surface area contributed by atoms with Gasteiger partial charge in [0.2, 0.25) is 6.79 Å². The number of carbonyl (C=O) groups excluding carboxylic acids is 2. The van der Waals surface area contributed by atoms with Gasteiger partial charge < -0.3 is 18.9 Å². The highest BCUT2D eigenvalue weighted by Gasteiger charge is 2.32. The van der Waals surface area contributed by atoms with Gasteiger partial charge in [0.15, 0.2) is 17.4 Å². The van der Waals surface area contributed by atoms with Crippen LogP contribution in [-0.2, 0) is 19.1 Å². The average Bonchev–Trinajstić information content (AvgIpc) is 3.11. The molecule has 1 aliphatic rings. The van der Waals surface area contributed by atoms with Gasteiger partial charge in [-0.1, -0.05) is 18.2 Å². The number of fused-ring (bicyclic) bond motifs is 1. The van der Waals surface area contributed by atoms with Crippen molar-refractivity contribution in [3.63, 3.8) is 0 Å². The highest BCUT2D eigenvalue weighted by atomic mass is 35.5. The molecule has 25 heavy (non-hydrogen) atoms. The predicted molar refractivity (Wildman–Crippen MR) is 91.9 cm³/mol. The topological polar surface area (TPSA) is 71.1 Å². The van der Waals surface area contributed by atoms with Crippen LogP contribution in [0.4, 0.5) is 0 Å². The van der Waals surface area contributed by atoms with Gasteiger partial charge in [0, 0.05) is 5.88 Å². The van der Waals surface area contributed by atoms with Crippen LogP contribution in [0, 0.1) is 5.92 Å². The van der Waals surface area contributed by atoms with Gasteiger partial charge in [-0.3, -0.25) is 9.59 Å². The highest BCUT2D eigenvalue weighted by molar-refractivity contribution is 6.19. The van der Waals surface area contributed by atoms with Crippen molar-refractivity contribution in [1.82, 2.24) is 0 Å². The number of benzene rings is 1. The molecular formula is C18H21ClO6. The van der Waals surface area contributed by atoms with E-state index in [0.717, 1.165) is 11.1 Å². The molecule has 0 spiro atoms. The standard InChI is InChI=1S/C18H21ClO6/c1-11(9-19)6-13(7-14(17(20)22-2)18(21)23-3)12-4-5-15-16(8-12)25-10-24-15/h4-5,8,13-14H,1,6-7,9-10H2,2-3H3. The summed E-state index contributed by atoms with van der Waals surface area (Å²) in [6.07, 6.45) is 0.739. The third-order valence-electron chi connectivity index (χ3n) is 4.08. The molecule has 0 fully saturated rings. The zero-order valence-corrected chi connectivity index (χ0v) is 15.0. The molecule has 1 aromatic carbocycles. The number of esters is 2. The largest absolute Gasteiger partial charge is 0.468 e. The Morgan fingerprint density at radius 1 is 1.20 bits per heavy atom. The summed E-state index contributed by atoms with van der Waals surface area (Å²) in [5, 5.41) is 0. The molecule has 2 rings (SSSR count). The maximum absolute atomic E-state index is 12.0. The SMILES string of the molecule is C=C(CCl)CC(CC(C(=O)OC)C(=O)OC)c1ccc2c(c1)OCO2. The van der Waals surface area contributed by atoms with Crippen molar-refractivity contribution in [3.05, 3.63) is 35.9 Å². The number of rotatable bonds is 8. The monoisotopic (exact) mass is 368 g/mol. The van der Waals surface area contributed by atoms with Gasteiger partial charge in [-0.25, -0.2) is 0 Å². The van der Waals surface area contributed by atoms with Gasteiger partial charge in [-0.05, 0) is 36.5 Å². The van der Waals surface area contributed by atoms with E-state index in [4.69, 9.17) is 30.5 Å². The van der Waals surface area contributed by atoms with Crippen LogP contribution >= 0.6 is 11.6 Å². The number of methoxy groups -OCH3 is 2. The maximum atomic E-state index is 12.0. The Balaban J connectivity index is 2.29.